The smallest absolute Gasteiger partial charge is 0.191 e. The molecule has 0 aliphatic rings. The Kier molecular flexibility index (Phi) is 4.50. The molecule has 1 N–H and O–H groups in total. The van der Waals surface area contributed by atoms with Gasteiger partial charge in [-0.1, -0.05) is 0 Å². The van der Waals surface area contributed by atoms with Crippen molar-refractivity contribution in [3.8, 4) is 0 Å². The van der Waals surface area contributed by atoms with Crippen LogP contribution in [0.25, 0.3) is 5.57 Å². The fraction of sp³-hybridized carbons (Fsp3) is 0.273. The van der Waals surface area contributed by atoms with E-state index in [2.05, 4.69) is 4.98 Å². The van der Waals surface area contributed by atoms with Gasteiger partial charge in [-0.3, -0.25) is 9.78 Å². The molecule has 0 aliphatic carbocycles. The number of aliphatic hydroxyl groups is 1. The summed E-state index contributed by atoms with van der Waals surface area (Å²) in [5, 5.41) is 8.80. The lowest BCUT2D eigenvalue weighted by Crippen LogP contribution is -2.07. The lowest BCUT2D eigenvalue weighted by molar-refractivity contribution is -0.116. The summed E-state index contributed by atoms with van der Waals surface area (Å²) < 4.78 is 5.06. The van der Waals surface area contributed by atoms with Gasteiger partial charge in [0.25, 0.3) is 0 Å². The highest BCUT2D eigenvalue weighted by Gasteiger charge is 2.10. The van der Waals surface area contributed by atoms with Crippen LogP contribution >= 0.6 is 0 Å². The van der Waals surface area contributed by atoms with E-state index in [9.17, 15) is 4.79 Å². The summed E-state index contributed by atoms with van der Waals surface area (Å²) in [6, 6.07) is 3.39. The van der Waals surface area contributed by atoms with Gasteiger partial charge in [-0.15, -0.1) is 0 Å². The molecule has 0 saturated carbocycles. The second kappa shape index (κ2) is 5.93. The first-order valence-electron chi connectivity index (χ1n) is 4.65. The number of rotatable bonds is 5. The van der Waals surface area contributed by atoms with Crippen LogP contribution in [0.3, 0.4) is 0 Å². The van der Waals surface area contributed by atoms with Gasteiger partial charge in [0.15, 0.2) is 5.78 Å². The molecule has 0 fully saturated rings. The Hall–Kier alpha value is -1.68. The zero-order chi connectivity index (χ0) is 11.1. The number of carbonyl (C=O) groups excluding carboxylic acids is 1. The molecule has 1 aromatic heterocycles. The summed E-state index contributed by atoms with van der Waals surface area (Å²) in [7, 11) is 0. The normalized spacial score (nSPS) is 11.2. The van der Waals surface area contributed by atoms with Crippen molar-refractivity contribution in [3.63, 3.8) is 0 Å². The average molecular weight is 207 g/mol. The van der Waals surface area contributed by atoms with E-state index in [1.165, 1.54) is 6.26 Å². The van der Waals surface area contributed by atoms with Crippen molar-refractivity contribution in [2.75, 3.05) is 13.2 Å². The SMILES string of the molecule is CCO/C=C(/C(=O)CO)c1ccncc1. The number of aromatic nitrogens is 1. The lowest BCUT2D eigenvalue weighted by atomic mass is 10.1. The van der Waals surface area contributed by atoms with E-state index in [4.69, 9.17) is 9.84 Å². The third-order valence-electron chi connectivity index (χ3n) is 1.80. The molecule has 0 aromatic carbocycles. The van der Waals surface area contributed by atoms with Gasteiger partial charge < -0.3 is 9.84 Å². The van der Waals surface area contributed by atoms with E-state index in [-0.39, 0.29) is 5.78 Å². The van der Waals surface area contributed by atoms with E-state index >= 15 is 0 Å². The Morgan fingerprint density at radius 3 is 2.73 bits per heavy atom. The zero-order valence-electron chi connectivity index (χ0n) is 8.51. The summed E-state index contributed by atoms with van der Waals surface area (Å²) in [4.78, 5) is 15.3. The minimum Gasteiger partial charge on any atom is -0.501 e. The van der Waals surface area contributed by atoms with Crippen molar-refractivity contribution in [2.24, 2.45) is 0 Å². The molecule has 0 spiro atoms. The molecule has 1 aromatic rings. The van der Waals surface area contributed by atoms with Gasteiger partial charge >= 0.3 is 0 Å². The number of ketones is 1. The quantitative estimate of drug-likeness (QED) is 0.578. The largest absolute Gasteiger partial charge is 0.501 e. The van der Waals surface area contributed by atoms with Crippen molar-refractivity contribution in [2.45, 2.75) is 6.92 Å². The van der Waals surface area contributed by atoms with E-state index in [0.717, 1.165) is 0 Å². The van der Waals surface area contributed by atoms with Crippen LogP contribution in [-0.2, 0) is 9.53 Å². The lowest BCUT2D eigenvalue weighted by Gasteiger charge is -2.04. The van der Waals surface area contributed by atoms with Crippen LogP contribution in [0.5, 0.6) is 0 Å². The molecule has 0 saturated heterocycles. The average Bonchev–Trinajstić information content (AvgIpc) is 2.30. The minimum atomic E-state index is -0.527. The number of nitrogens with zero attached hydrogens (tertiary/aromatic N) is 1. The third kappa shape index (κ3) is 3.18. The highest BCUT2D eigenvalue weighted by Crippen LogP contribution is 2.14. The summed E-state index contributed by atoms with van der Waals surface area (Å²) in [6.45, 7) is 1.78. The Bertz CT molecular complexity index is 346. The van der Waals surface area contributed by atoms with E-state index in [0.29, 0.717) is 17.7 Å². The molecule has 0 atom stereocenters. The monoisotopic (exact) mass is 207 g/mol. The number of pyridine rings is 1. The first kappa shape index (κ1) is 11.4. The molecule has 15 heavy (non-hydrogen) atoms. The van der Waals surface area contributed by atoms with E-state index in [1.807, 2.05) is 6.92 Å². The van der Waals surface area contributed by atoms with Crippen LogP contribution in [-0.4, -0.2) is 29.1 Å². The number of carbonyl (C=O) groups is 1. The number of hydrogen-bond acceptors (Lipinski definition) is 4. The van der Waals surface area contributed by atoms with Crippen molar-refractivity contribution in [1.29, 1.82) is 0 Å². The van der Waals surface area contributed by atoms with Crippen LogP contribution in [0.15, 0.2) is 30.8 Å². The van der Waals surface area contributed by atoms with Crippen molar-refractivity contribution < 1.29 is 14.6 Å². The van der Waals surface area contributed by atoms with Crippen molar-refractivity contribution in [3.05, 3.63) is 36.4 Å². The Labute approximate surface area is 88.2 Å². The van der Waals surface area contributed by atoms with Crippen molar-refractivity contribution >= 4 is 11.4 Å². The molecule has 0 aliphatic heterocycles. The van der Waals surface area contributed by atoms with Crippen LogP contribution in [0.2, 0.25) is 0 Å². The van der Waals surface area contributed by atoms with Crippen LogP contribution in [0, 0.1) is 0 Å². The van der Waals surface area contributed by atoms with Gasteiger partial charge in [0.05, 0.1) is 18.4 Å². The van der Waals surface area contributed by atoms with E-state index < -0.39 is 6.61 Å². The molecule has 1 rings (SSSR count). The highest BCUT2D eigenvalue weighted by molar-refractivity contribution is 6.21. The Morgan fingerprint density at radius 2 is 2.20 bits per heavy atom. The number of ether oxygens (including phenoxy) is 1. The summed E-state index contributed by atoms with van der Waals surface area (Å²) in [5.74, 6) is -0.366. The minimum absolute atomic E-state index is 0.363. The van der Waals surface area contributed by atoms with Gasteiger partial charge in [-0.25, -0.2) is 0 Å². The highest BCUT2D eigenvalue weighted by atomic mass is 16.5. The molecule has 4 nitrogen and oxygen atoms in total. The fourth-order valence-corrected chi connectivity index (χ4v) is 1.08. The second-order valence-electron chi connectivity index (χ2n) is 2.80. The maximum Gasteiger partial charge on any atom is 0.191 e. The van der Waals surface area contributed by atoms with Gasteiger partial charge in [0, 0.05) is 12.4 Å². The van der Waals surface area contributed by atoms with Gasteiger partial charge in [0.1, 0.15) is 6.61 Å². The molecule has 1 heterocycles. The first-order chi connectivity index (χ1) is 7.29. The summed E-state index contributed by atoms with van der Waals surface area (Å²) >= 11 is 0. The molecule has 80 valence electrons. The molecular weight excluding hydrogens is 194 g/mol. The molecule has 0 radical (unpaired) electrons. The molecule has 4 heteroatoms. The van der Waals surface area contributed by atoms with Gasteiger partial charge in [-0.05, 0) is 24.6 Å². The van der Waals surface area contributed by atoms with Crippen LogP contribution < -0.4 is 0 Å². The first-order valence-corrected chi connectivity index (χ1v) is 4.65. The maximum atomic E-state index is 11.4. The van der Waals surface area contributed by atoms with Crippen LogP contribution in [0.4, 0.5) is 0 Å². The molecule has 0 amide bonds. The summed E-state index contributed by atoms with van der Waals surface area (Å²) in [6.07, 6.45) is 4.54. The van der Waals surface area contributed by atoms with E-state index in [1.54, 1.807) is 24.5 Å². The van der Waals surface area contributed by atoms with Gasteiger partial charge in [-0.2, -0.15) is 0 Å². The number of hydrogen-bond donors (Lipinski definition) is 1. The Morgan fingerprint density at radius 1 is 1.53 bits per heavy atom. The maximum absolute atomic E-state index is 11.4. The number of aliphatic hydroxyl groups excluding tert-OH is 1. The standard InChI is InChI=1S/C11H13NO3/c1-2-15-8-10(11(14)7-13)9-3-5-12-6-4-9/h3-6,8,13H,2,7H2,1H3/b10-8+. The fourth-order valence-electron chi connectivity index (χ4n) is 1.08. The zero-order valence-corrected chi connectivity index (χ0v) is 8.51. The Balaban J connectivity index is 2.96. The topological polar surface area (TPSA) is 59.4 Å². The van der Waals surface area contributed by atoms with Gasteiger partial charge in [0.2, 0.25) is 0 Å². The molecule has 0 bridgehead atoms. The summed E-state index contributed by atoms with van der Waals surface area (Å²) in [5.41, 5.74) is 1.05. The third-order valence-corrected chi connectivity index (χ3v) is 1.80. The van der Waals surface area contributed by atoms with Crippen LogP contribution in [0.1, 0.15) is 12.5 Å². The molecular formula is C11H13NO3. The predicted octanol–water partition coefficient (Wildman–Crippen LogP) is 1.02. The number of Topliss-reactive ketones (excluding diaryl/α,β-unsaturated/α-hetero) is 1. The molecule has 0 unspecified atom stereocenters. The predicted molar refractivity (Wildman–Crippen MR) is 55.9 cm³/mol. The second-order valence-corrected chi connectivity index (χ2v) is 2.80. The van der Waals surface area contributed by atoms with Crippen molar-refractivity contribution in [1.82, 2.24) is 4.98 Å².